The highest BCUT2D eigenvalue weighted by Crippen LogP contribution is 2.21. The first kappa shape index (κ1) is 14.4. The van der Waals surface area contributed by atoms with Crippen LogP contribution in [0.4, 0.5) is 11.4 Å². The predicted molar refractivity (Wildman–Crippen MR) is 90.2 cm³/mol. The molecule has 1 aromatic heterocycles. The maximum Gasteiger partial charge on any atom is 0.0795 e. The molecule has 1 aliphatic heterocycles. The van der Waals surface area contributed by atoms with E-state index in [1.807, 2.05) is 5.51 Å². The van der Waals surface area contributed by atoms with E-state index in [-0.39, 0.29) is 0 Å². The monoisotopic (exact) mass is 302 g/mol. The average molecular weight is 302 g/mol. The van der Waals surface area contributed by atoms with Crippen LogP contribution in [-0.2, 0) is 6.54 Å². The Morgan fingerprint density at radius 3 is 2.81 bits per heavy atom. The van der Waals surface area contributed by atoms with Gasteiger partial charge in [-0.05, 0) is 24.7 Å². The second-order valence-electron chi connectivity index (χ2n) is 5.30. The molecule has 3 rings (SSSR count). The van der Waals surface area contributed by atoms with Gasteiger partial charge in [-0.25, -0.2) is 4.98 Å². The summed E-state index contributed by atoms with van der Waals surface area (Å²) in [5, 5.41) is 5.54. The van der Waals surface area contributed by atoms with Crippen molar-refractivity contribution in [2.45, 2.75) is 13.5 Å². The minimum absolute atomic E-state index is 0.788. The van der Waals surface area contributed by atoms with Crippen molar-refractivity contribution in [1.82, 2.24) is 9.88 Å². The third kappa shape index (κ3) is 3.74. The molecular weight excluding hydrogens is 280 g/mol. The van der Waals surface area contributed by atoms with Gasteiger partial charge in [-0.15, -0.1) is 11.3 Å². The van der Waals surface area contributed by atoms with E-state index in [4.69, 9.17) is 0 Å². The second-order valence-corrected chi connectivity index (χ2v) is 6.02. The summed E-state index contributed by atoms with van der Waals surface area (Å²) < 4.78 is 0. The first-order valence-corrected chi connectivity index (χ1v) is 8.48. The summed E-state index contributed by atoms with van der Waals surface area (Å²) in [7, 11) is 0. The number of piperazine rings is 1. The van der Waals surface area contributed by atoms with Crippen LogP contribution < -0.4 is 10.2 Å². The summed E-state index contributed by atoms with van der Waals surface area (Å²) >= 11 is 1.64. The van der Waals surface area contributed by atoms with Gasteiger partial charge in [0.25, 0.3) is 0 Å². The molecule has 2 aromatic rings. The van der Waals surface area contributed by atoms with Gasteiger partial charge in [-0.3, -0.25) is 0 Å². The van der Waals surface area contributed by atoms with Crippen molar-refractivity contribution in [3.63, 3.8) is 0 Å². The number of nitrogens with one attached hydrogen (secondary N) is 1. The van der Waals surface area contributed by atoms with E-state index in [1.165, 1.54) is 11.4 Å². The average Bonchev–Trinajstić information content (AvgIpc) is 3.07. The molecule has 1 aliphatic rings. The van der Waals surface area contributed by atoms with Gasteiger partial charge in [-0.2, -0.15) is 0 Å². The molecule has 112 valence electrons. The first-order chi connectivity index (χ1) is 10.3. The fraction of sp³-hybridized carbons (Fsp3) is 0.438. The van der Waals surface area contributed by atoms with Crippen LogP contribution in [0, 0.1) is 0 Å². The lowest BCUT2D eigenvalue weighted by Crippen LogP contribution is -2.46. The zero-order chi connectivity index (χ0) is 14.5. The summed E-state index contributed by atoms with van der Waals surface area (Å²) in [5.74, 6) is 0. The lowest BCUT2D eigenvalue weighted by atomic mass is 10.2. The van der Waals surface area contributed by atoms with Crippen molar-refractivity contribution >= 4 is 22.7 Å². The standard InChI is InChI=1S/C16H22N4S/c1-2-19-6-8-20(9-7-19)16-5-3-4-14(10-16)17-11-15-12-21-13-18-15/h3-5,10,12-13,17H,2,6-9,11H2,1H3. The molecule has 0 atom stereocenters. The van der Waals surface area contributed by atoms with E-state index in [1.54, 1.807) is 11.3 Å². The molecule has 0 radical (unpaired) electrons. The molecule has 0 amide bonds. The number of hydrogen-bond donors (Lipinski definition) is 1. The van der Waals surface area contributed by atoms with Crippen molar-refractivity contribution in [1.29, 1.82) is 0 Å². The summed E-state index contributed by atoms with van der Waals surface area (Å²) in [6.07, 6.45) is 0. The van der Waals surface area contributed by atoms with Gasteiger partial charge in [-0.1, -0.05) is 13.0 Å². The largest absolute Gasteiger partial charge is 0.379 e. The molecular formula is C16H22N4S. The molecule has 0 saturated carbocycles. The Morgan fingerprint density at radius 2 is 2.10 bits per heavy atom. The summed E-state index contributed by atoms with van der Waals surface area (Å²) in [6, 6.07) is 8.70. The van der Waals surface area contributed by atoms with Crippen molar-refractivity contribution in [2.24, 2.45) is 0 Å². The molecule has 0 bridgehead atoms. The molecule has 5 heteroatoms. The highest BCUT2D eigenvalue weighted by molar-refractivity contribution is 7.07. The van der Waals surface area contributed by atoms with Crippen LogP contribution in [0.1, 0.15) is 12.6 Å². The van der Waals surface area contributed by atoms with Gasteiger partial charge in [0.15, 0.2) is 0 Å². The van der Waals surface area contributed by atoms with E-state index in [2.05, 4.69) is 56.7 Å². The Balaban J connectivity index is 1.60. The van der Waals surface area contributed by atoms with Crippen molar-refractivity contribution in [2.75, 3.05) is 42.9 Å². The fourth-order valence-corrected chi connectivity index (χ4v) is 3.21. The summed E-state index contributed by atoms with van der Waals surface area (Å²) in [6.45, 7) is 8.73. The van der Waals surface area contributed by atoms with Crippen LogP contribution in [0.3, 0.4) is 0 Å². The Morgan fingerprint density at radius 1 is 1.24 bits per heavy atom. The third-order valence-corrected chi connectivity index (χ3v) is 4.62. The molecule has 21 heavy (non-hydrogen) atoms. The van der Waals surface area contributed by atoms with Crippen LogP contribution >= 0.6 is 11.3 Å². The Hall–Kier alpha value is -1.59. The van der Waals surface area contributed by atoms with E-state index in [0.717, 1.165) is 45.0 Å². The van der Waals surface area contributed by atoms with Crippen LogP contribution in [0.2, 0.25) is 0 Å². The van der Waals surface area contributed by atoms with Gasteiger partial charge in [0, 0.05) is 42.9 Å². The number of benzene rings is 1. The Bertz CT molecular complexity index is 547. The third-order valence-electron chi connectivity index (χ3n) is 3.99. The zero-order valence-electron chi connectivity index (χ0n) is 12.5. The lowest BCUT2D eigenvalue weighted by molar-refractivity contribution is 0.271. The zero-order valence-corrected chi connectivity index (χ0v) is 13.3. The number of nitrogens with zero attached hydrogens (tertiary/aromatic N) is 3. The maximum absolute atomic E-state index is 4.30. The van der Waals surface area contributed by atoms with E-state index in [0.29, 0.717) is 0 Å². The molecule has 1 fully saturated rings. The topological polar surface area (TPSA) is 31.4 Å². The Kier molecular flexibility index (Phi) is 4.72. The van der Waals surface area contributed by atoms with Gasteiger partial charge in [0.05, 0.1) is 17.7 Å². The molecule has 0 spiro atoms. The molecule has 0 aliphatic carbocycles. The molecule has 4 nitrogen and oxygen atoms in total. The minimum atomic E-state index is 0.788. The van der Waals surface area contributed by atoms with E-state index < -0.39 is 0 Å². The van der Waals surface area contributed by atoms with Crippen molar-refractivity contribution in [3.8, 4) is 0 Å². The maximum atomic E-state index is 4.30. The number of thiazole rings is 1. The van der Waals surface area contributed by atoms with Crippen LogP contribution in [0.15, 0.2) is 35.2 Å². The van der Waals surface area contributed by atoms with Gasteiger partial charge in [0.2, 0.25) is 0 Å². The smallest absolute Gasteiger partial charge is 0.0795 e. The number of likely N-dealkylation sites (N-methyl/N-ethyl adjacent to an activating group) is 1. The Labute approximate surface area is 130 Å². The summed E-state index contributed by atoms with van der Waals surface area (Å²) in [5.41, 5.74) is 5.45. The van der Waals surface area contributed by atoms with Crippen LogP contribution in [-0.4, -0.2) is 42.6 Å². The second kappa shape index (κ2) is 6.91. The highest BCUT2D eigenvalue weighted by atomic mass is 32.1. The molecule has 0 unspecified atom stereocenters. The SMILES string of the molecule is CCN1CCN(c2cccc(NCc3cscn3)c2)CC1. The highest BCUT2D eigenvalue weighted by Gasteiger charge is 2.15. The number of aromatic nitrogens is 1. The normalized spacial score (nSPS) is 16.1. The molecule has 2 heterocycles. The predicted octanol–water partition coefficient (Wildman–Crippen LogP) is 2.90. The molecule has 1 aromatic carbocycles. The first-order valence-electron chi connectivity index (χ1n) is 7.53. The number of rotatable bonds is 5. The van der Waals surface area contributed by atoms with Gasteiger partial charge >= 0.3 is 0 Å². The van der Waals surface area contributed by atoms with Gasteiger partial charge in [0.1, 0.15) is 0 Å². The summed E-state index contributed by atoms with van der Waals surface area (Å²) in [4.78, 5) is 9.27. The van der Waals surface area contributed by atoms with Gasteiger partial charge < -0.3 is 15.1 Å². The quantitative estimate of drug-likeness (QED) is 0.920. The van der Waals surface area contributed by atoms with Crippen molar-refractivity contribution < 1.29 is 0 Å². The van der Waals surface area contributed by atoms with E-state index >= 15 is 0 Å². The fourth-order valence-electron chi connectivity index (χ4n) is 2.65. The van der Waals surface area contributed by atoms with Crippen molar-refractivity contribution in [3.05, 3.63) is 40.8 Å². The van der Waals surface area contributed by atoms with E-state index in [9.17, 15) is 0 Å². The minimum Gasteiger partial charge on any atom is -0.379 e. The number of hydrogen-bond acceptors (Lipinski definition) is 5. The van der Waals surface area contributed by atoms with Crippen LogP contribution in [0.5, 0.6) is 0 Å². The molecule has 1 saturated heterocycles. The lowest BCUT2D eigenvalue weighted by Gasteiger charge is -2.35. The number of anilines is 2. The van der Waals surface area contributed by atoms with Crippen LogP contribution in [0.25, 0.3) is 0 Å². The molecule has 1 N–H and O–H groups in total.